The van der Waals surface area contributed by atoms with Gasteiger partial charge in [-0.25, -0.2) is 14.8 Å². The number of nitrogens with zero attached hydrogens (tertiary/aromatic N) is 3. The van der Waals surface area contributed by atoms with Crippen LogP contribution in [0.1, 0.15) is 41.4 Å². The van der Waals surface area contributed by atoms with Gasteiger partial charge in [-0.05, 0) is 44.7 Å². The van der Waals surface area contributed by atoms with E-state index in [0.29, 0.717) is 11.6 Å². The number of fused-ring (bicyclic) bond motifs is 1. The molecule has 2 heterocycles. The van der Waals surface area contributed by atoms with Crippen molar-refractivity contribution < 1.29 is 9.90 Å². The molecule has 2 aromatic rings. The lowest BCUT2D eigenvalue weighted by atomic mass is 10.0. The fraction of sp³-hybridized carbons (Fsp3) is 0.389. The molecule has 5 heteroatoms. The zero-order valence-corrected chi connectivity index (χ0v) is 13.1. The average molecular weight is 309 g/mol. The predicted molar refractivity (Wildman–Crippen MR) is 87.9 cm³/mol. The van der Waals surface area contributed by atoms with E-state index in [4.69, 9.17) is 9.97 Å². The number of aryl methyl sites for hydroxylation is 1. The van der Waals surface area contributed by atoms with Gasteiger partial charge in [0.1, 0.15) is 0 Å². The van der Waals surface area contributed by atoms with Gasteiger partial charge in [0.2, 0.25) is 5.95 Å². The highest BCUT2D eigenvalue weighted by Gasteiger charge is 2.29. The van der Waals surface area contributed by atoms with Crippen LogP contribution in [0.15, 0.2) is 24.3 Å². The molecule has 1 aromatic carbocycles. The maximum Gasteiger partial charge on any atom is 0.335 e. The second kappa shape index (κ2) is 5.33. The molecule has 0 spiro atoms. The lowest BCUT2D eigenvalue weighted by Gasteiger charge is -2.39. The first-order chi connectivity index (χ1) is 11.1. The molecule has 23 heavy (non-hydrogen) atoms. The van der Waals surface area contributed by atoms with Crippen LogP contribution in [0.5, 0.6) is 0 Å². The number of benzene rings is 1. The van der Waals surface area contributed by atoms with E-state index in [-0.39, 0.29) is 0 Å². The molecular weight excluding hydrogens is 290 g/mol. The summed E-state index contributed by atoms with van der Waals surface area (Å²) in [5.74, 6) is -0.116. The number of aromatic nitrogens is 2. The van der Waals surface area contributed by atoms with Gasteiger partial charge in [-0.3, -0.25) is 0 Å². The van der Waals surface area contributed by atoms with Crippen LogP contribution in [0.4, 0.5) is 5.95 Å². The Bertz CT molecular complexity index is 788. The fourth-order valence-electron chi connectivity index (χ4n) is 3.40. The van der Waals surface area contributed by atoms with Crippen molar-refractivity contribution >= 4 is 11.9 Å². The third kappa shape index (κ3) is 2.36. The van der Waals surface area contributed by atoms with E-state index in [1.54, 1.807) is 18.2 Å². The van der Waals surface area contributed by atoms with Crippen molar-refractivity contribution in [2.75, 3.05) is 11.4 Å². The summed E-state index contributed by atoms with van der Waals surface area (Å²) >= 11 is 0. The SMILES string of the molecule is C[C@H]1CCN1c1nc2c(c(-c3cccc(C(=O)O)c3)n1)CCC2. The molecule has 1 N–H and O–H groups in total. The first kappa shape index (κ1) is 14.2. The largest absolute Gasteiger partial charge is 0.478 e. The van der Waals surface area contributed by atoms with Gasteiger partial charge < -0.3 is 10.0 Å². The monoisotopic (exact) mass is 309 g/mol. The van der Waals surface area contributed by atoms with E-state index in [1.165, 1.54) is 12.0 Å². The summed E-state index contributed by atoms with van der Waals surface area (Å²) in [5.41, 5.74) is 4.39. The van der Waals surface area contributed by atoms with Crippen LogP contribution in [0.2, 0.25) is 0 Å². The van der Waals surface area contributed by atoms with E-state index in [0.717, 1.165) is 48.7 Å². The predicted octanol–water partition coefficient (Wildman–Crippen LogP) is 2.93. The summed E-state index contributed by atoms with van der Waals surface area (Å²) in [6.45, 7) is 3.18. The van der Waals surface area contributed by atoms with Crippen molar-refractivity contribution in [2.24, 2.45) is 0 Å². The van der Waals surface area contributed by atoms with Crippen LogP contribution in [-0.4, -0.2) is 33.6 Å². The molecule has 4 rings (SSSR count). The van der Waals surface area contributed by atoms with Crippen LogP contribution >= 0.6 is 0 Å². The minimum atomic E-state index is -0.908. The number of carboxylic acids is 1. The third-order valence-electron chi connectivity index (χ3n) is 4.88. The average Bonchev–Trinajstić information content (AvgIpc) is 3.01. The van der Waals surface area contributed by atoms with Gasteiger partial charge in [0.25, 0.3) is 0 Å². The molecule has 0 radical (unpaired) electrons. The highest BCUT2D eigenvalue weighted by atomic mass is 16.4. The number of anilines is 1. The normalized spacial score (nSPS) is 19.3. The Morgan fingerprint density at radius 2 is 2.17 bits per heavy atom. The van der Waals surface area contributed by atoms with Crippen molar-refractivity contribution in [2.45, 2.75) is 38.6 Å². The highest BCUT2D eigenvalue weighted by Crippen LogP contribution is 2.34. The zero-order chi connectivity index (χ0) is 16.0. The van der Waals surface area contributed by atoms with E-state index in [2.05, 4.69) is 11.8 Å². The Kier molecular flexibility index (Phi) is 3.29. The Morgan fingerprint density at radius 1 is 1.30 bits per heavy atom. The zero-order valence-electron chi connectivity index (χ0n) is 13.1. The number of hydrogen-bond acceptors (Lipinski definition) is 4. The minimum absolute atomic E-state index is 0.298. The maximum atomic E-state index is 11.3. The van der Waals surface area contributed by atoms with Crippen molar-refractivity contribution in [3.63, 3.8) is 0 Å². The van der Waals surface area contributed by atoms with E-state index < -0.39 is 5.97 Å². The molecule has 0 amide bonds. The minimum Gasteiger partial charge on any atom is -0.478 e. The molecule has 1 fully saturated rings. The Balaban J connectivity index is 1.84. The number of hydrogen-bond donors (Lipinski definition) is 1. The summed E-state index contributed by atoms with van der Waals surface area (Å²) in [6.07, 6.45) is 4.22. The highest BCUT2D eigenvalue weighted by molar-refractivity contribution is 5.89. The fourth-order valence-corrected chi connectivity index (χ4v) is 3.40. The Labute approximate surface area is 135 Å². The molecule has 118 valence electrons. The molecule has 5 nitrogen and oxygen atoms in total. The van der Waals surface area contributed by atoms with Crippen LogP contribution in [0, 0.1) is 0 Å². The number of aromatic carboxylic acids is 1. The molecule has 1 aliphatic carbocycles. The summed E-state index contributed by atoms with van der Waals surface area (Å²) < 4.78 is 0. The summed E-state index contributed by atoms with van der Waals surface area (Å²) in [6, 6.07) is 7.54. The molecule has 1 aliphatic heterocycles. The van der Waals surface area contributed by atoms with Gasteiger partial charge in [0, 0.05) is 29.4 Å². The maximum absolute atomic E-state index is 11.3. The number of rotatable bonds is 3. The van der Waals surface area contributed by atoms with Crippen LogP contribution in [-0.2, 0) is 12.8 Å². The van der Waals surface area contributed by atoms with Crippen molar-refractivity contribution in [3.05, 3.63) is 41.1 Å². The first-order valence-electron chi connectivity index (χ1n) is 8.13. The van der Waals surface area contributed by atoms with E-state index >= 15 is 0 Å². The number of carbonyl (C=O) groups is 1. The molecule has 0 saturated carbocycles. The molecule has 1 saturated heterocycles. The number of carboxylic acid groups (broad SMARTS) is 1. The van der Waals surface area contributed by atoms with E-state index in [9.17, 15) is 9.90 Å². The van der Waals surface area contributed by atoms with Gasteiger partial charge >= 0.3 is 5.97 Å². The van der Waals surface area contributed by atoms with Crippen LogP contribution in [0.3, 0.4) is 0 Å². The van der Waals surface area contributed by atoms with Gasteiger partial charge in [-0.1, -0.05) is 12.1 Å². The van der Waals surface area contributed by atoms with Crippen LogP contribution in [0.25, 0.3) is 11.3 Å². The summed E-state index contributed by atoms with van der Waals surface area (Å²) in [4.78, 5) is 23.1. The molecular formula is C18H19N3O2. The van der Waals surface area contributed by atoms with Crippen molar-refractivity contribution in [1.29, 1.82) is 0 Å². The summed E-state index contributed by atoms with van der Waals surface area (Å²) in [5, 5.41) is 9.23. The molecule has 1 aromatic heterocycles. The lowest BCUT2D eigenvalue weighted by Crippen LogP contribution is -2.46. The third-order valence-corrected chi connectivity index (χ3v) is 4.88. The Morgan fingerprint density at radius 3 is 2.87 bits per heavy atom. The first-order valence-corrected chi connectivity index (χ1v) is 8.13. The van der Waals surface area contributed by atoms with Gasteiger partial charge in [-0.2, -0.15) is 0 Å². The van der Waals surface area contributed by atoms with Gasteiger partial charge in [-0.15, -0.1) is 0 Å². The Hall–Kier alpha value is -2.43. The molecule has 1 atom stereocenters. The molecule has 2 aliphatic rings. The van der Waals surface area contributed by atoms with Crippen molar-refractivity contribution in [3.8, 4) is 11.3 Å². The van der Waals surface area contributed by atoms with Gasteiger partial charge in [0.15, 0.2) is 0 Å². The second-order valence-electron chi connectivity index (χ2n) is 6.37. The topological polar surface area (TPSA) is 66.3 Å². The second-order valence-corrected chi connectivity index (χ2v) is 6.37. The van der Waals surface area contributed by atoms with Crippen LogP contribution < -0.4 is 4.90 Å². The quantitative estimate of drug-likeness (QED) is 0.944. The summed E-state index contributed by atoms with van der Waals surface area (Å²) in [7, 11) is 0. The van der Waals surface area contributed by atoms with Gasteiger partial charge in [0.05, 0.1) is 11.3 Å². The van der Waals surface area contributed by atoms with Crippen molar-refractivity contribution in [1.82, 2.24) is 9.97 Å². The molecule has 0 unspecified atom stereocenters. The smallest absolute Gasteiger partial charge is 0.335 e. The lowest BCUT2D eigenvalue weighted by molar-refractivity contribution is 0.0697. The molecule has 0 bridgehead atoms. The standard InChI is InChI=1S/C18H19N3O2/c1-11-8-9-21(11)18-19-15-7-3-6-14(15)16(20-18)12-4-2-5-13(10-12)17(22)23/h2,4-5,10-11H,3,6-9H2,1H3,(H,22,23)/t11-/m0/s1. The van der Waals surface area contributed by atoms with E-state index in [1.807, 2.05) is 6.07 Å².